The number of anilines is 2. The molecular formula is C19H23ClN4O. The molecule has 2 aromatic heterocycles. The van der Waals surface area contributed by atoms with E-state index in [0.717, 1.165) is 37.3 Å². The monoisotopic (exact) mass is 358 g/mol. The Kier molecular flexibility index (Phi) is 5.53. The lowest BCUT2D eigenvalue weighted by atomic mass is 9.95. The third-order valence-corrected chi connectivity index (χ3v) is 5.09. The Morgan fingerprint density at radius 3 is 2.88 bits per heavy atom. The number of halogens is 1. The van der Waals surface area contributed by atoms with Gasteiger partial charge < -0.3 is 4.90 Å². The van der Waals surface area contributed by atoms with Gasteiger partial charge in [-0.15, -0.1) is 0 Å². The highest BCUT2D eigenvalue weighted by atomic mass is 35.5. The van der Waals surface area contributed by atoms with Crippen LogP contribution >= 0.6 is 11.8 Å². The van der Waals surface area contributed by atoms with E-state index in [2.05, 4.69) is 16.9 Å². The number of carbonyl (C=O) groups excluding carboxylic acids is 1. The molecule has 6 heteroatoms. The summed E-state index contributed by atoms with van der Waals surface area (Å²) < 4.78 is 1.47. The summed E-state index contributed by atoms with van der Waals surface area (Å²) in [6.07, 6.45) is 8.34. The fraction of sp³-hybridized carbons (Fsp3) is 0.421. The number of amides is 1. The van der Waals surface area contributed by atoms with Crippen molar-refractivity contribution in [1.29, 1.82) is 0 Å². The minimum Gasteiger partial charge on any atom is -0.338 e. The molecule has 1 atom stereocenters. The lowest BCUT2D eigenvalue weighted by Gasteiger charge is -2.32. The maximum atomic E-state index is 12.8. The molecule has 5 nitrogen and oxygen atoms in total. The fourth-order valence-electron chi connectivity index (χ4n) is 3.14. The molecule has 1 fully saturated rings. The number of hydrogen-bond donors (Lipinski definition) is 0. The molecule has 3 rings (SSSR count). The van der Waals surface area contributed by atoms with Crippen LogP contribution in [0.5, 0.6) is 0 Å². The van der Waals surface area contributed by atoms with Gasteiger partial charge in [0.1, 0.15) is 0 Å². The standard InChI is InChI=1S/C19H23ClN4O/c1-3-15-5-4-8-23(13-15)19(25)16-9-18(11-21-10-16)24(20)17-7-6-14(2)22-12-17/h6-7,9-12,15H,3-5,8,13H2,1-2H3/t15-/m0/s1. The highest BCUT2D eigenvalue weighted by Crippen LogP contribution is 2.28. The van der Waals surface area contributed by atoms with E-state index in [1.54, 1.807) is 24.7 Å². The molecule has 1 aliphatic heterocycles. The highest BCUT2D eigenvalue weighted by molar-refractivity contribution is 6.29. The number of aryl methyl sites for hydroxylation is 1. The first kappa shape index (κ1) is 17.7. The number of piperidine rings is 1. The molecule has 0 unspecified atom stereocenters. The van der Waals surface area contributed by atoms with Gasteiger partial charge in [-0.1, -0.05) is 13.3 Å². The molecule has 0 radical (unpaired) electrons. The van der Waals surface area contributed by atoms with Crippen LogP contribution in [0.2, 0.25) is 0 Å². The van der Waals surface area contributed by atoms with Gasteiger partial charge in [-0.25, -0.2) is 0 Å². The van der Waals surface area contributed by atoms with E-state index < -0.39 is 0 Å². The Labute approximate surface area is 153 Å². The molecule has 2 aromatic rings. The Balaban J connectivity index is 1.78. The Bertz CT molecular complexity index is 734. The highest BCUT2D eigenvalue weighted by Gasteiger charge is 2.24. The minimum absolute atomic E-state index is 0.0274. The van der Waals surface area contributed by atoms with Crippen molar-refractivity contribution in [2.45, 2.75) is 33.1 Å². The number of hydrogen-bond acceptors (Lipinski definition) is 4. The normalized spacial score (nSPS) is 17.4. The Hall–Kier alpha value is -2.14. The fourth-order valence-corrected chi connectivity index (χ4v) is 3.34. The number of nitrogens with zero attached hydrogens (tertiary/aromatic N) is 4. The quantitative estimate of drug-likeness (QED) is 0.763. The average Bonchev–Trinajstić information content (AvgIpc) is 2.67. The van der Waals surface area contributed by atoms with Crippen molar-refractivity contribution in [2.24, 2.45) is 5.92 Å². The summed E-state index contributed by atoms with van der Waals surface area (Å²) in [6.45, 7) is 5.74. The van der Waals surface area contributed by atoms with Crippen molar-refractivity contribution in [3.05, 3.63) is 48.0 Å². The molecule has 0 aromatic carbocycles. The second-order valence-corrected chi connectivity index (χ2v) is 6.88. The van der Waals surface area contributed by atoms with E-state index in [0.29, 0.717) is 17.2 Å². The first-order valence-electron chi connectivity index (χ1n) is 8.71. The van der Waals surface area contributed by atoms with Gasteiger partial charge in [0, 0.05) is 36.8 Å². The predicted molar refractivity (Wildman–Crippen MR) is 100 cm³/mol. The van der Waals surface area contributed by atoms with Crippen molar-refractivity contribution in [3.63, 3.8) is 0 Å². The number of aromatic nitrogens is 2. The maximum Gasteiger partial charge on any atom is 0.255 e. The van der Waals surface area contributed by atoms with Crippen molar-refractivity contribution in [1.82, 2.24) is 14.9 Å². The SMILES string of the molecule is CC[C@H]1CCCN(C(=O)c2cncc(N(Cl)c3ccc(C)nc3)c2)C1. The second-order valence-electron chi connectivity index (χ2n) is 6.54. The predicted octanol–water partition coefficient (Wildman–Crippen LogP) is 4.34. The number of rotatable bonds is 4. The van der Waals surface area contributed by atoms with Crippen LogP contribution in [0.3, 0.4) is 0 Å². The van der Waals surface area contributed by atoms with E-state index in [1.165, 1.54) is 10.8 Å². The van der Waals surface area contributed by atoms with Gasteiger partial charge >= 0.3 is 0 Å². The zero-order valence-electron chi connectivity index (χ0n) is 14.7. The van der Waals surface area contributed by atoms with Crippen LogP contribution in [0, 0.1) is 12.8 Å². The summed E-state index contributed by atoms with van der Waals surface area (Å²) in [6, 6.07) is 5.57. The lowest BCUT2D eigenvalue weighted by Crippen LogP contribution is -2.39. The van der Waals surface area contributed by atoms with Crippen LogP contribution in [0.1, 0.15) is 42.2 Å². The molecule has 0 bridgehead atoms. The van der Waals surface area contributed by atoms with E-state index >= 15 is 0 Å². The van der Waals surface area contributed by atoms with Crippen LogP contribution in [-0.2, 0) is 0 Å². The first-order valence-corrected chi connectivity index (χ1v) is 9.05. The molecule has 132 valence electrons. The van der Waals surface area contributed by atoms with E-state index in [-0.39, 0.29) is 5.91 Å². The number of pyridine rings is 2. The number of carbonyl (C=O) groups is 1. The van der Waals surface area contributed by atoms with Gasteiger partial charge in [0.15, 0.2) is 0 Å². The third kappa shape index (κ3) is 4.10. The lowest BCUT2D eigenvalue weighted by molar-refractivity contribution is 0.0671. The molecule has 1 amide bonds. The van der Waals surface area contributed by atoms with Crippen LogP contribution in [-0.4, -0.2) is 33.9 Å². The van der Waals surface area contributed by atoms with Crippen LogP contribution in [0.15, 0.2) is 36.8 Å². The zero-order chi connectivity index (χ0) is 17.8. The van der Waals surface area contributed by atoms with Gasteiger partial charge in [0.2, 0.25) is 0 Å². The average molecular weight is 359 g/mol. The van der Waals surface area contributed by atoms with Crippen molar-refractivity contribution in [2.75, 3.05) is 17.5 Å². The summed E-state index contributed by atoms with van der Waals surface area (Å²) in [5.74, 6) is 0.622. The van der Waals surface area contributed by atoms with Gasteiger partial charge in [0.25, 0.3) is 5.91 Å². The van der Waals surface area contributed by atoms with Crippen molar-refractivity contribution in [3.8, 4) is 0 Å². The Morgan fingerprint density at radius 1 is 1.32 bits per heavy atom. The smallest absolute Gasteiger partial charge is 0.255 e. The van der Waals surface area contributed by atoms with Gasteiger partial charge in [-0.3, -0.25) is 19.2 Å². The zero-order valence-corrected chi connectivity index (χ0v) is 15.4. The molecule has 0 N–H and O–H groups in total. The molecule has 0 aliphatic carbocycles. The van der Waals surface area contributed by atoms with Crippen molar-refractivity contribution < 1.29 is 4.79 Å². The molecule has 0 saturated carbocycles. The van der Waals surface area contributed by atoms with Gasteiger partial charge in [-0.2, -0.15) is 0 Å². The minimum atomic E-state index is 0.0274. The molecular weight excluding hydrogens is 336 g/mol. The summed E-state index contributed by atoms with van der Waals surface area (Å²) in [5, 5.41) is 0. The molecule has 1 saturated heterocycles. The van der Waals surface area contributed by atoms with Crippen LogP contribution < -0.4 is 4.42 Å². The third-order valence-electron chi connectivity index (χ3n) is 4.70. The summed E-state index contributed by atoms with van der Waals surface area (Å²) in [4.78, 5) is 23.2. The summed E-state index contributed by atoms with van der Waals surface area (Å²) >= 11 is 6.42. The molecule has 1 aliphatic rings. The molecule has 3 heterocycles. The second kappa shape index (κ2) is 7.83. The van der Waals surface area contributed by atoms with E-state index in [1.807, 2.05) is 24.0 Å². The molecule has 25 heavy (non-hydrogen) atoms. The number of likely N-dealkylation sites (tertiary alicyclic amines) is 1. The van der Waals surface area contributed by atoms with Gasteiger partial charge in [-0.05, 0) is 43.9 Å². The maximum absolute atomic E-state index is 12.8. The first-order chi connectivity index (χ1) is 12.1. The van der Waals surface area contributed by atoms with Crippen LogP contribution in [0.25, 0.3) is 0 Å². The van der Waals surface area contributed by atoms with Crippen molar-refractivity contribution >= 4 is 29.1 Å². The summed E-state index contributed by atoms with van der Waals surface area (Å²) in [5.41, 5.74) is 2.89. The summed E-state index contributed by atoms with van der Waals surface area (Å²) in [7, 11) is 0. The van der Waals surface area contributed by atoms with E-state index in [9.17, 15) is 4.79 Å². The Morgan fingerprint density at radius 2 is 2.16 bits per heavy atom. The van der Waals surface area contributed by atoms with Gasteiger partial charge in [0.05, 0.1) is 29.3 Å². The molecule has 0 spiro atoms. The van der Waals surface area contributed by atoms with E-state index in [4.69, 9.17) is 11.8 Å². The topological polar surface area (TPSA) is 49.3 Å². The van der Waals surface area contributed by atoms with Crippen LogP contribution in [0.4, 0.5) is 11.4 Å². The largest absolute Gasteiger partial charge is 0.338 e.